The maximum absolute atomic E-state index is 12.5. The number of aromatic nitrogens is 2. The highest BCUT2D eigenvalue weighted by Gasteiger charge is 2.14. The number of benzene rings is 2. The highest BCUT2D eigenvalue weighted by molar-refractivity contribution is 6.04. The molecule has 132 valence electrons. The number of amides is 1. The van der Waals surface area contributed by atoms with Gasteiger partial charge in [0, 0.05) is 23.8 Å². The van der Waals surface area contributed by atoms with Gasteiger partial charge in [0.25, 0.3) is 11.6 Å². The van der Waals surface area contributed by atoms with Crippen molar-refractivity contribution in [2.75, 3.05) is 12.4 Å². The number of aryl methyl sites for hydroxylation is 1. The zero-order valence-corrected chi connectivity index (χ0v) is 14.2. The van der Waals surface area contributed by atoms with Crippen molar-refractivity contribution in [2.45, 2.75) is 6.92 Å². The molecule has 0 aliphatic heterocycles. The van der Waals surface area contributed by atoms with E-state index in [4.69, 9.17) is 4.74 Å². The van der Waals surface area contributed by atoms with Gasteiger partial charge < -0.3 is 10.1 Å². The van der Waals surface area contributed by atoms with E-state index in [0.717, 1.165) is 0 Å². The molecule has 0 bridgehead atoms. The summed E-state index contributed by atoms with van der Waals surface area (Å²) in [5.74, 6) is 0.730. The molecule has 0 unspecified atom stereocenters. The number of non-ortho nitro benzene ring substituents is 1. The molecule has 1 heterocycles. The second-order valence-electron chi connectivity index (χ2n) is 5.54. The summed E-state index contributed by atoms with van der Waals surface area (Å²) in [7, 11) is 1.53. The summed E-state index contributed by atoms with van der Waals surface area (Å²) < 4.78 is 6.66. The monoisotopic (exact) mass is 352 g/mol. The number of hydrogen-bond donors (Lipinski definition) is 1. The standard InChI is InChI=1S/C18H16N4O4/c1-12-10-17(19-18(23)13-4-3-5-16(11-13)26-2)21(20-12)14-6-8-15(9-7-14)22(24)25/h3-11H,1-2H3,(H,19,23). The summed E-state index contributed by atoms with van der Waals surface area (Å²) in [4.78, 5) is 22.8. The van der Waals surface area contributed by atoms with Crippen molar-refractivity contribution < 1.29 is 14.5 Å². The maximum atomic E-state index is 12.5. The predicted octanol–water partition coefficient (Wildman–Crippen LogP) is 3.35. The molecule has 0 aliphatic carbocycles. The van der Waals surface area contributed by atoms with E-state index in [1.807, 2.05) is 0 Å². The molecular formula is C18H16N4O4. The molecule has 1 N–H and O–H groups in total. The van der Waals surface area contributed by atoms with E-state index in [2.05, 4.69) is 10.4 Å². The lowest BCUT2D eigenvalue weighted by Gasteiger charge is -2.09. The first-order valence-corrected chi connectivity index (χ1v) is 7.75. The lowest BCUT2D eigenvalue weighted by molar-refractivity contribution is -0.384. The third-order valence-electron chi connectivity index (χ3n) is 3.71. The average molecular weight is 352 g/mol. The van der Waals surface area contributed by atoms with Crippen LogP contribution in [0.5, 0.6) is 5.75 Å². The first kappa shape index (κ1) is 17.2. The molecule has 0 aliphatic rings. The Morgan fingerprint density at radius 2 is 1.92 bits per heavy atom. The molecule has 0 radical (unpaired) electrons. The molecule has 8 nitrogen and oxygen atoms in total. The summed E-state index contributed by atoms with van der Waals surface area (Å²) in [5.41, 5.74) is 1.73. The maximum Gasteiger partial charge on any atom is 0.269 e. The van der Waals surface area contributed by atoms with E-state index < -0.39 is 4.92 Å². The van der Waals surface area contributed by atoms with E-state index in [1.165, 1.54) is 23.9 Å². The van der Waals surface area contributed by atoms with Gasteiger partial charge in [-0.2, -0.15) is 5.10 Å². The van der Waals surface area contributed by atoms with Gasteiger partial charge >= 0.3 is 0 Å². The molecular weight excluding hydrogens is 336 g/mol. The second kappa shape index (κ2) is 7.06. The Bertz CT molecular complexity index is 964. The van der Waals surface area contributed by atoms with Crippen molar-refractivity contribution in [1.82, 2.24) is 9.78 Å². The largest absolute Gasteiger partial charge is 0.497 e. The van der Waals surface area contributed by atoms with Crippen molar-refractivity contribution in [3.63, 3.8) is 0 Å². The quantitative estimate of drug-likeness (QED) is 0.561. The first-order valence-electron chi connectivity index (χ1n) is 7.75. The Balaban J connectivity index is 1.89. The predicted molar refractivity (Wildman–Crippen MR) is 95.9 cm³/mol. The number of carbonyl (C=O) groups excluding carboxylic acids is 1. The molecule has 3 rings (SSSR count). The van der Waals surface area contributed by atoms with Crippen molar-refractivity contribution in [3.05, 3.63) is 76.0 Å². The number of anilines is 1. The lowest BCUT2D eigenvalue weighted by atomic mass is 10.2. The van der Waals surface area contributed by atoms with Gasteiger partial charge in [0.1, 0.15) is 11.6 Å². The third kappa shape index (κ3) is 3.54. The minimum Gasteiger partial charge on any atom is -0.497 e. The molecule has 8 heteroatoms. The molecule has 0 atom stereocenters. The molecule has 1 amide bonds. The molecule has 0 saturated carbocycles. The number of nitrogens with zero attached hydrogens (tertiary/aromatic N) is 3. The van der Waals surface area contributed by atoms with Crippen molar-refractivity contribution in [1.29, 1.82) is 0 Å². The van der Waals surface area contributed by atoms with Crippen LogP contribution in [-0.2, 0) is 0 Å². The molecule has 0 spiro atoms. The van der Waals surface area contributed by atoms with Gasteiger partial charge in [0.15, 0.2) is 0 Å². The van der Waals surface area contributed by atoms with Gasteiger partial charge in [-0.25, -0.2) is 4.68 Å². The van der Waals surface area contributed by atoms with Crippen LogP contribution in [0.4, 0.5) is 11.5 Å². The SMILES string of the molecule is COc1cccc(C(=O)Nc2cc(C)nn2-c2ccc([N+](=O)[O-])cc2)c1. The van der Waals surface area contributed by atoms with Crippen LogP contribution in [0.15, 0.2) is 54.6 Å². The molecule has 26 heavy (non-hydrogen) atoms. The number of carbonyl (C=O) groups is 1. The van der Waals surface area contributed by atoms with E-state index in [1.54, 1.807) is 49.4 Å². The highest BCUT2D eigenvalue weighted by atomic mass is 16.6. The first-order chi connectivity index (χ1) is 12.5. The Morgan fingerprint density at radius 3 is 2.58 bits per heavy atom. The van der Waals surface area contributed by atoms with Gasteiger partial charge in [-0.05, 0) is 37.3 Å². The highest BCUT2D eigenvalue weighted by Crippen LogP contribution is 2.21. The fourth-order valence-electron chi connectivity index (χ4n) is 2.45. The summed E-state index contributed by atoms with van der Waals surface area (Å²) in [5, 5.41) is 17.9. The number of ether oxygens (including phenoxy) is 1. The number of rotatable bonds is 5. The van der Waals surface area contributed by atoms with Gasteiger partial charge in [-0.3, -0.25) is 14.9 Å². The zero-order valence-electron chi connectivity index (χ0n) is 14.2. The van der Waals surface area contributed by atoms with Crippen molar-refractivity contribution >= 4 is 17.4 Å². The van der Waals surface area contributed by atoms with Crippen LogP contribution in [0.2, 0.25) is 0 Å². The number of nitro groups is 1. The molecule has 1 aromatic heterocycles. The Labute approximate surface area is 149 Å². The molecule has 2 aromatic carbocycles. The van der Waals surface area contributed by atoms with E-state index in [0.29, 0.717) is 28.5 Å². The summed E-state index contributed by atoms with van der Waals surface area (Å²) in [6.45, 7) is 1.79. The van der Waals surface area contributed by atoms with Crippen LogP contribution >= 0.6 is 0 Å². The van der Waals surface area contributed by atoms with E-state index >= 15 is 0 Å². The van der Waals surface area contributed by atoms with Crippen LogP contribution in [0, 0.1) is 17.0 Å². The van der Waals surface area contributed by atoms with Crippen LogP contribution in [0.25, 0.3) is 5.69 Å². The van der Waals surface area contributed by atoms with Crippen LogP contribution in [-0.4, -0.2) is 27.7 Å². The summed E-state index contributed by atoms with van der Waals surface area (Å²) >= 11 is 0. The van der Waals surface area contributed by atoms with Gasteiger partial charge in [-0.15, -0.1) is 0 Å². The lowest BCUT2D eigenvalue weighted by Crippen LogP contribution is -2.15. The van der Waals surface area contributed by atoms with Gasteiger partial charge in [-0.1, -0.05) is 6.07 Å². The topological polar surface area (TPSA) is 99.3 Å². The number of nitrogens with one attached hydrogen (secondary N) is 1. The summed E-state index contributed by atoms with van der Waals surface area (Å²) in [6.07, 6.45) is 0. The minimum absolute atomic E-state index is 0.0143. The third-order valence-corrected chi connectivity index (χ3v) is 3.71. The smallest absolute Gasteiger partial charge is 0.269 e. The summed E-state index contributed by atoms with van der Waals surface area (Å²) in [6, 6.07) is 14.4. The number of nitro benzene ring substituents is 1. The number of methoxy groups -OCH3 is 1. The Kier molecular flexibility index (Phi) is 4.66. The molecule has 3 aromatic rings. The van der Waals surface area contributed by atoms with E-state index in [9.17, 15) is 14.9 Å². The minimum atomic E-state index is -0.469. The van der Waals surface area contributed by atoms with Crippen LogP contribution in [0.1, 0.15) is 16.1 Å². The molecule has 0 fully saturated rings. The zero-order chi connectivity index (χ0) is 18.7. The van der Waals surface area contributed by atoms with E-state index in [-0.39, 0.29) is 11.6 Å². The van der Waals surface area contributed by atoms with Crippen molar-refractivity contribution in [3.8, 4) is 11.4 Å². The average Bonchev–Trinajstić information content (AvgIpc) is 3.02. The number of hydrogen-bond acceptors (Lipinski definition) is 5. The van der Waals surface area contributed by atoms with Crippen LogP contribution in [0.3, 0.4) is 0 Å². The van der Waals surface area contributed by atoms with Gasteiger partial charge in [0.05, 0.1) is 23.4 Å². The van der Waals surface area contributed by atoms with Gasteiger partial charge in [0.2, 0.25) is 0 Å². The Morgan fingerprint density at radius 1 is 1.19 bits per heavy atom. The normalized spacial score (nSPS) is 10.4. The van der Waals surface area contributed by atoms with Crippen LogP contribution < -0.4 is 10.1 Å². The fourth-order valence-corrected chi connectivity index (χ4v) is 2.45. The van der Waals surface area contributed by atoms with Crippen molar-refractivity contribution in [2.24, 2.45) is 0 Å². The Hall–Kier alpha value is -3.68. The second-order valence-corrected chi connectivity index (χ2v) is 5.54. The fraction of sp³-hybridized carbons (Fsp3) is 0.111. The molecule has 0 saturated heterocycles.